The summed E-state index contributed by atoms with van der Waals surface area (Å²) in [5, 5.41) is 2.55. The molecule has 0 spiro atoms. The molecule has 1 atom stereocenters. The van der Waals surface area contributed by atoms with Crippen LogP contribution in [0.1, 0.15) is 76.7 Å². The number of halogens is 6. The zero-order valence-corrected chi connectivity index (χ0v) is 25.9. The summed E-state index contributed by atoms with van der Waals surface area (Å²) >= 11 is 0. The van der Waals surface area contributed by atoms with Crippen LogP contribution in [0.3, 0.4) is 0 Å². The maximum Gasteiger partial charge on any atom is 0.417 e. The highest BCUT2D eigenvalue weighted by atomic mass is 19.4. The number of likely N-dealkylation sites (tertiary alicyclic amines) is 1. The van der Waals surface area contributed by atoms with Crippen LogP contribution in [-0.2, 0) is 20.5 Å². The average molecular weight is 653 g/mol. The number of amides is 4. The van der Waals surface area contributed by atoms with E-state index >= 15 is 0 Å². The van der Waals surface area contributed by atoms with E-state index in [2.05, 4.69) is 5.32 Å². The SMILES string of the molecule is CCC(=O)NCCN1C(=O)C(C)(C)Oc2cc(C(F)(F)F)c(C(=O)N(CC(F)(F)F)[C@@H]3CCCN(C(=O)OC(C)(C)C)C3)cc21. The minimum absolute atomic E-state index is 0.0214. The molecule has 1 N–H and O–H groups in total. The zero-order chi connectivity index (χ0) is 34.1. The third kappa shape index (κ3) is 8.93. The predicted molar refractivity (Wildman–Crippen MR) is 150 cm³/mol. The molecular weight excluding hydrogens is 614 g/mol. The predicted octanol–water partition coefficient (Wildman–Crippen LogP) is 5.14. The molecule has 0 unspecified atom stereocenters. The van der Waals surface area contributed by atoms with Crippen molar-refractivity contribution in [2.24, 2.45) is 0 Å². The van der Waals surface area contributed by atoms with E-state index in [0.717, 1.165) is 9.80 Å². The standard InChI is InChI=1S/C29H38F6N4O6/c1-7-22(40)36-10-12-38-20-13-18(19(29(33,34)35)14-21(20)44-27(5,6)24(38)42)23(41)39(16-28(30,31)32)17-9-8-11-37(15-17)25(43)45-26(2,3)4/h13-14,17H,7-12,15-16H2,1-6H3,(H,36,40)/t17-/m1/s1. The molecule has 1 aromatic rings. The molecule has 16 heteroatoms. The van der Waals surface area contributed by atoms with Gasteiger partial charge in [0.15, 0.2) is 5.60 Å². The summed E-state index contributed by atoms with van der Waals surface area (Å²) < 4.78 is 95.6. The van der Waals surface area contributed by atoms with Gasteiger partial charge in [-0.2, -0.15) is 26.3 Å². The third-order valence-corrected chi connectivity index (χ3v) is 7.13. The highest BCUT2D eigenvalue weighted by Crippen LogP contribution is 2.44. The van der Waals surface area contributed by atoms with Crippen LogP contribution in [0.2, 0.25) is 0 Å². The monoisotopic (exact) mass is 652 g/mol. The second-order valence-electron chi connectivity index (χ2n) is 12.4. The smallest absolute Gasteiger partial charge is 0.417 e. The van der Waals surface area contributed by atoms with Gasteiger partial charge in [0.25, 0.3) is 11.8 Å². The van der Waals surface area contributed by atoms with Gasteiger partial charge in [-0.15, -0.1) is 0 Å². The van der Waals surface area contributed by atoms with Crippen molar-refractivity contribution < 1.29 is 55.0 Å². The number of ether oxygens (including phenoxy) is 2. The van der Waals surface area contributed by atoms with Crippen LogP contribution in [0.4, 0.5) is 36.8 Å². The van der Waals surface area contributed by atoms with Gasteiger partial charge >= 0.3 is 18.4 Å². The van der Waals surface area contributed by atoms with Crippen LogP contribution in [0.25, 0.3) is 0 Å². The Morgan fingerprint density at radius 1 is 1.11 bits per heavy atom. The first-order valence-corrected chi connectivity index (χ1v) is 14.4. The number of nitrogens with one attached hydrogen (secondary N) is 1. The van der Waals surface area contributed by atoms with Crippen molar-refractivity contribution in [1.29, 1.82) is 0 Å². The highest BCUT2D eigenvalue weighted by Gasteiger charge is 2.46. The van der Waals surface area contributed by atoms with Gasteiger partial charge in [-0.25, -0.2) is 4.79 Å². The van der Waals surface area contributed by atoms with Crippen molar-refractivity contribution in [3.8, 4) is 5.75 Å². The van der Waals surface area contributed by atoms with E-state index < -0.39 is 77.5 Å². The van der Waals surface area contributed by atoms with Crippen molar-refractivity contribution in [3.63, 3.8) is 0 Å². The van der Waals surface area contributed by atoms with Crippen LogP contribution < -0.4 is 15.0 Å². The Hall–Kier alpha value is -3.72. The quantitative estimate of drug-likeness (QED) is 0.409. The number of piperidine rings is 1. The first kappa shape index (κ1) is 35.8. The van der Waals surface area contributed by atoms with Crippen LogP contribution in [0.5, 0.6) is 5.75 Å². The van der Waals surface area contributed by atoms with Crippen molar-refractivity contribution in [3.05, 3.63) is 23.3 Å². The summed E-state index contributed by atoms with van der Waals surface area (Å²) in [6, 6.07) is -0.101. The lowest BCUT2D eigenvalue weighted by atomic mass is 9.97. The van der Waals surface area contributed by atoms with Crippen molar-refractivity contribution >= 4 is 29.5 Å². The fraction of sp³-hybridized carbons (Fsp3) is 0.655. The zero-order valence-electron chi connectivity index (χ0n) is 25.9. The molecule has 2 heterocycles. The number of fused-ring (bicyclic) bond motifs is 1. The van der Waals surface area contributed by atoms with Gasteiger partial charge in [0, 0.05) is 32.6 Å². The van der Waals surface area contributed by atoms with Gasteiger partial charge < -0.3 is 29.5 Å². The lowest BCUT2D eigenvalue weighted by Crippen LogP contribution is -2.55. The fourth-order valence-electron chi connectivity index (χ4n) is 5.10. The maximum absolute atomic E-state index is 14.4. The van der Waals surface area contributed by atoms with Crippen molar-refractivity contribution in [2.45, 2.75) is 90.4 Å². The van der Waals surface area contributed by atoms with Gasteiger partial charge in [-0.1, -0.05) is 6.92 Å². The number of benzene rings is 1. The third-order valence-electron chi connectivity index (χ3n) is 7.13. The maximum atomic E-state index is 14.4. The molecule has 0 bridgehead atoms. The molecule has 0 aromatic heterocycles. The first-order chi connectivity index (χ1) is 20.5. The van der Waals surface area contributed by atoms with Crippen LogP contribution >= 0.6 is 0 Å². The van der Waals surface area contributed by atoms with Crippen molar-refractivity contribution in [1.82, 2.24) is 15.1 Å². The number of carbonyl (C=O) groups is 4. The van der Waals surface area contributed by atoms with Gasteiger partial charge in [0.2, 0.25) is 5.91 Å². The number of nitrogens with zero attached hydrogens (tertiary/aromatic N) is 3. The molecule has 1 fully saturated rings. The van der Waals surface area contributed by atoms with Gasteiger partial charge in [-0.05, 0) is 59.6 Å². The largest absolute Gasteiger partial charge is 0.476 e. The number of carbonyl (C=O) groups excluding carboxylic acids is 4. The molecule has 10 nitrogen and oxygen atoms in total. The fourth-order valence-corrected chi connectivity index (χ4v) is 5.10. The van der Waals surface area contributed by atoms with Crippen LogP contribution in [0, 0.1) is 0 Å². The summed E-state index contributed by atoms with van der Waals surface area (Å²) in [5.74, 6) is -3.06. The molecule has 4 amide bonds. The summed E-state index contributed by atoms with van der Waals surface area (Å²) in [4.78, 5) is 53.9. The molecule has 3 rings (SSSR count). The van der Waals surface area contributed by atoms with Gasteiger partial charge in [0.1, 0.15) is 17.9 Å². The van der Waals surface area contributed by atoms with Gasteiger partial charge in [0.05, 0.1) is 22.9 Å². The van der Waals surface area contributed by atoms with Crippen LogP contribution in [-0.4, -0.2) is 89.8 Å². The molecule has 2 aliphatic heterocycles. The number of hydrogen-bond donors (Lipinski definition) is 1. The Morgan fingerprint density at radius 2 is 1.76 bits per heavy atom. The van der Waals surface area contributed by atoms with Crippen molar-refractivity contribution in [2.75, 3.05) is 37.6 Å². The summed E-state index contributed by atoms with van der Waals surface area (Å²) in [6.07, 6.45) is -10.8. The number of rotatable bonds is 7. The van der Waals surface area contributed by atoms with E-state index in [0.29, 0.717) is 12.1 Å². The Kier molecular flexibility index (Phi) is 10.3. The summed E-state index contributed by atoms with van der Waals surface area (Å²) in [6.45, 7) is 6.54. The lowest BCUT2D eigenvalue weighted by Gasteiger charge is -2.41. The summed E-state index contributed by atoms with van der Waals surface area (Å²) in [7, 11) is 0. The van der Waals surface area contributed by atoms with E-state index in [4.69, 9.17) is 9.47 Å². The molecule has 252 valence electrons. The van der Waals surface area contributed by atoms with E-state index in [1.165, 1.54) is 13.8 Å². The molecule has 1 saturated heterocycles. The van der Waals surface area contributed by atoms with E-state index in [9.17, 15) is 45.5 Å². The van der Waals surface area contributed by atoms with E-state index in [-0.39, 0.29) is 55.4 Å². The number of alkyl halides is 6. The number of hydrogen-bond acceptors (Lipinski definition) is 6. The average Bonchev–Trinajstić information content (AvgIpc) is 2.90. The Bertz CT molecular complexity index is 1310. The normalized spacial score (nSPS) is 18.6. The minimum atomic E-state index is -5.20. The highest BCUT2D eigenvalue weighted by molar-refractivity contribution is 6.05. The first-order valence-electron chi connectivity index (χ1n) is 14.4. The van der Waals surface area contributed by atoms with E-state index in [1.807, 2.05) is 0 Å². The second kappa shape index (κ2) is 12.9. The molecule has 1 aromatic carbocycles. The molecular formula is C29H38F6N4O6. The van der Waals surface area contributed by atoms with Gasteiger partial charge in [-0.3, -0.25) is 14.4 Å². The molecule has 0 saturated carbocycles. The Morgan fingerprint density at radius 3 is 2.31 bits per heavy atom. The molecule has 2 aliphatic rings. The molecule has 0 aliphatic carbocycles. The van der Waals surface area contributed by atoms with E-state index in [1.54, 1.807) is 27.7 Å². The summed E-state index contributed by atoms with van der Waals surface area (Å²) in [5.41, 5.74) is -5.50. The minimum Gasteiger partial charge on any atom is -0.476 e. The lowest BCUT2D eigenvalue weighted by molar-refractivity contribution is -0.146. The molecule has 0 radical (unpaired) electrons. The second-order valence-corrected chi connectivity index (χ2v) is 12.4. The Balaban J connectivity index is 2.10. The number of anilines is 1. The molecule has 45 heavy (non-hydrogen) atoms. The Labute approximate surface area is 257 Å². The van der Waals surface area contributed by atoms with Crippen LogP contribution in [0.15, 0.2) is 12.1 Å². The topological polar surface area (TPSA) is 108 Å².